The zero-order valence-electron chi connectivity index (χ0n) is 7.02. The maximum Gasteiger partial charge on any atom is 1.00 e. The number of carboxylic acids is 1. The van der Waals surface area contributed by atoms with Crippen LogP contribution < -0.4 is 5.11 Å². The zero-order valence-corrected chi connectivity index (χ0v) is 7.97. The van der Waals surface area contributed by atoms with Crippen molar-refractivity contribution in [2.45, 2.75) is 39.5 Å². The van der Waals surface area contributed by atoms with Crippen LogP contribution in [0, 0.1) is 5.92 Å². The van der Waals surface area contributed by atoms with Crippen LogP contribution in [0.3, 0.4) is 0 Å². The predicted molar refractivity (Wildman–Crippen MR) is 38.3 cm³/mol. The third-order valence-electron chi connectivity index (χ3n) is 1.64. The van der Waals surface area contributed by atoms with E-state index in [-0.39, 0.29) is 23.0 Å². The number of hydrogen-bond donors (Lipinski definition) is 0. The molecule has 3 heteroatoms. The largest absolute Gasteiger partial charge is 1.00 e. The standard InChI is InChI=1S/C8H16O2.Cu/c1-3-4-5-6-7(2)8(9)10;/h7H,3-6H2,1-2H3,(H,9,10);/q;+1/p-1. The van der Waals surface area contributed by atoms with E-state index in [1.165, 1.54) is 0 Å². The maximum absolute atomic E-state index is 10.2. The van der Waals surface area contributed by atoms with Crippen molar-refractivity contribution in [2.75, 3.05) is 0 Å². The molecular formula is C8H15CuO2. The van der Waals surface area contributed by atoms with Gasteiger partial charge in [0.2, 0.25) is 0 Å². The first-order valence-electron chi connectivity index (χ1n) is 3.89. The van der Waals surface area contributed by atoms with Crippen LogP contribution in [0.25, 0.3) is 0 Å². The van der Waals surface area contributed by atoms with Gasteiger partial charge >= 0.3 is 17.1 Å². The van der Waals surface area contributed by atoms with E-state index in [4.69, 9.17) is 0 Å². The Hall–Kier alpha value is -0.0105. The molecule has 0 saturated carbocycles. The fraction of sp³-hybridized carbons (Fsp3) is 0.875. The molecule has 70 valence electrons. The van der Waals surface area contributed by atoms with Crippen LogP contribution in [-0.2, 0) is 21.9 Å². The average Bonchev–Trinajstić information content (AvgIpc) is 1.88. The zero-order chi connectivity index (χ0) is 7.98. The van der Waals surface area contributed by atoms with Crippen molar-refractivity contribution >= 4 is 5.97 Å². The topological polar surface area (TPSA) is 40.1 Å². The van der Waals surface area contributed by atoms with Gasteiger partial charge in [0.1, 0.15) is 0 Å². The van der Waals surface area contributed by atoms with Crippen LogP contribution in [0.2, 0.25) is 0 Å². The van der Waals surface area contributed by atoms with Gasteiger partial charge in [-0.25, -0.2) is 0 Å². The molecule has 1 unspecified atom stereocenters. The minimum absolute atomic E-state index is 0. The first-order chi connectivity index (χ1) is 4.68. The second-order valence-corrected chi connectivity index (χ2v) is 2.72. The molecular weight excluding hydrogens is 192 g/mol. The molecule has 0 bridgehead atoms. The Bertz CT molecular complexity index is 104. The van der Waals surface area contributed by atoms with Crippen molar-refractivity contribution in [1.29, 1.82) is 0 Å². The van der Waals surface area contributed by atoms with E-state index in [9.17, 15) is 9.90 Å². The van der Waals surface area contributed by atoms with Crippen LogP contribution >= 0.6 is 0 Å². The summed E-state index contributed by atoms with van der Waals surface area (Å²) in [4.78, 5) is 10.2. The maximum atomic E-state index is 10.2. The van der Waals surface area contributed by atoms with Crippen LogP contribution in [0.1, 0.15) is 39.5 Å². The number of rotatable bonds is 5. The summed E-state index contributed by atoms with van der Waals surface area (Å²) in [5.41, 5.74) is 0. The summed E-state index contributed by atoms with van der Waals surface area (Å²) >= 11 is 0. The summed E-state index contributed by atoms with van der Waals surface area (Å²) in [5.74, 6) is -1.19. The molecule has 1 atom stereocenters. The molecule has 0 heterocycles. The number of aliphatic carboxylic acids is 1. The molecule has 0 N–H and O–H groups in total. The van der Waals surface area contributed by atoms with Crippen LogP contribution in [0.5, 0.6) is 0 Å². The monoisotopic (exact) mass is 206 g/mol. The van der Waals surface area contributed by atoms with Gasteiger partial charge in [0, 0.05) is 5.97 Å². The first kappa shape index (κ1) is 13.6. The summed E-state index contributed by atoms with van der Waals surface area (Å²) in [5, 5.41) is 10.2. The Morgan fingerprint density at radius 3 is 2.36 bits per heavy atom. The van der Waals surface area contributed by atoms with Crippen molar-refractivity contribution in [3.05, 3.63) is 0 Å². The van der Waals surface area contributed by atoms with E-state index < -0.39 is 5.97 Å². The van der Waals surface area contributed by atoms with Gasteiger partial charge in [-0.2, -0.15) is 0 Å². The summed E-state index contributed by atoms with van der Waals surface area (Å²) in [6, 6.07) is 0. The van der Waals surface area contributed by atoms with E-state index in [0.717, 1.165) is 25.7 Å². The van der Waals surface area contributed by atoms with E-state index >= 15 is 0 Å². The molecule has 0 aliphatic heterocycles. The number of carbonyl (C=O) groups is 1. The molecule has 0 aromatic heterocycles. The van der Waals surface area contributed by atoms with E-state index in [0.29, 0.717) is 0 Å². The van der Waals surface area contributed by atoms with Crippen molar-refractivity contribution < 1.29 is 27.0 Å². The summed E-state index contributed by atoms with van der Waals surface area (Å²) < 4.78 is 0. The third kappa shape index (κ3) is 7.89. The molecule has 0 spiro atoms. The van der Waals surface area contributed by atoms with Gasteiger partial charge in [-0.15, -0.1) is 0 Å². The minimum Gasteiger partial charge on any atom is -0.550 e. The number of hydrogen-bond acceptors (Lipinski definition) is 2. The Labute approximate surface area is 78.8 Å². The molecule has 0 saturated heterocycles. The molecule has 0 aromatic rings. The molecule has 0 fully saturated rings. The minimum atomic E-state index is -0.920. The third-order valence-corrected chi connectivity index (χ3v) is 1.64. The average molecular weight is 207 g/mol. The van der Waals surface area contributed by atoms with Crippen LogP contribution in [0.15, 0.2) is 0 Å². The van der Waals surface area contributed by atoms with Gasteiger partial charge < -0.3 is 9.90 Å². The predicted octanol–water partition coefficient (Wildman–Crippen LogP) is 0.950. The normalized spacial score (nSPS) is 11.8. The molecule has 0 rings (SSSR count). The second kappa shape index (κ2) is 8.09. The number of unbranched alkanes of at least 4 members (excludes halogenated alkanes) is 2. The molecule has 0 aliphatic rings. The Morgan fingerprint density at radius 1 is 1.45 bits per heavy atom. The van der Waals surface area contributed by atoms with Gasteiger partial charge in [-0.3, -0.25) is 0 Å². The van der Waals surface area contributed by atoms with E-state index in [2.05, 4.69) is 6.92 Å². The summed E-state index contributed by atoms with van der Waals surface area (Å²) in [7, 11) is 0. The molecule has 0 aliphatic carbocycles. The fourth-order valence-corrected chi connectivity index (χ4v) is 0.818. The van der Waals surface area contributed by atoms with E-state index in [1.807, 2.05) is 0 Å². The Kier molecular flexibility index (Phi) is 9.98. The fourth-order valence-electron chi connectivity index (χ4n) is 0.818. The van der Waals surface area contributed by atoms with Gasteiger partial charge in [0.25, 0.3) is 0 Å². The Morgan fingerprint density at radius 2 is 2.00 bits per heavy atom. The Balaban J connectivity index is 0. The van der Waals surface area contributed by atoms with Gasteiger partial charge in [-0.1, -0.05) is 33.1 Å². The smallest absolute Gasteiger partial charge is 0.550 e. The van der Waals surface area contributed by atoms with Gasteiger partial charge in [-0.05, 0) is 12.3 Å². The number of carbonyl (C=O) groups excluding carboxylic acids is 1. The molecule has 0 aromatic carbocycles. The SMILES string of the molecule is CCCCCC(C)C(=O)[O-].[Cu+]. The van der Waals surface area contributed by atoms with Crippen LogP contribution in [-0.4, -0.2) is 5.97 Å². The second-order valence-electron chi connectivity index (χ2n) is 2.72. The van der Waals surface area contributed by atoms with Crippen molar-refractivity contribution in [2.24, 2.45) is 5.92 Å². The first-order valence-corrected chi connectivity index (χ1v) is 3.89. The van der Waals surface area contributed by atoms with Crippen molar-refractivity contribution in [3.8, 4) is 0 Å². The molecule has 0 radical (unpaired) electrons. The number of carboxylic acid groups (broad SMARTS) is 1. The van der Waals surface area contributed by atoms with Crippen LogP contribution in [0.4, 0.5) is 0 Å². The summed E-state index contributed by atoms with van der Waals surface area (Å²) in [6.45, 7) is 3.80. The van der Waals surface area contributed by atoms with Gasteiger partial charge in [0.05, 0.1) is 0 Å². The quantitative estimate of drug-likeness (QED) is 0.497. The summed E-state index contributed by atoms with van der Waals surface area (Å²) in [6.07, 6.45) is 4.03. The molecule has 2 nitrogen and oxygen atoms in total. The van der Waals surface area contributed by atoms with Crippen molar-refractivity contribution in [1.82, 2.24) is 0 Å². The molecule has 11 heavy (non-hydrogen) atoms. The van der Waals surface area contributed by atoms with Crippen molar-refractivity contribution in [3.63, 3.8) is 0 Å². The van der Waals surface area contributed by atoms with E-state index in [1.54, 1.807) is 6.92 Å². The van der Waals surface area contributed by atoms with Gasteiger partial charge in [0.15, 0.2) is 0 Å². The molecule has 0 amide bonds.